The number of nitrogens with one attached hydrogen (secondary N) is 3. The van der Waals surface area contributed by atoms with Gasteiger partial charge in [0.1, 0.15) is 11.6 Å². The second kappa shape index (κ2) is 9.13. The van der Waals surface area contributed by atoms with E-state index in [2.05, 4.69) is 21.2 Å². The lowest BCUT2D eigenvalue weighted by molar-refractivity contribution is 0.0939. The first kappa shape index (κ1) is 20.8. The first-order valence-electron chi connectivity index (χ1n) is 9.71. The van der Waals surface area contributed by atoms with Gasteiger partial charge in [-0.15, -0.1) is 0 Å². The molecule has 0 saturated carbocycles. The smallest absolute Gasteiger partial charge is 0.338 e. The highest BCUT2D eigenvalue weighted by atomic mass is 19.1. The Morgan fingerprint density at radius 3 is 2.41 bits per heavy atom. The molecule has 3 N–H and O–H groups in total. The fourth-order valence-electron chi connectivity index (χ4n) is 3.21. The highest BCUT2D eigenvalue weighted by molar-refractivity contribution is 6.07. The summed E-state index contributed by atoms with van der Waals surface area (Å²) in [5, 5.41) is 3.22. The van der Waals surface area contributed by atoms with Crippen LogP contribution in [0.1, 0.15) is 10.4 Å². The molecule has 1 heterocycles. The summed E-state index contributed by atoms with van der Waals surface area (Å²) < 4.78 is 18.5. The van der Waals surface area contributed by atoms with Crippen LogP contribution < -0.4 is 20.9 Å². The number of hydrogen-bond acceptors (Lipinski definition) is 4. The maximum atomic E-state index is 13.3. The van der Waals surface area contributed by atoms with Crippen molar-refractivity contribution in [1.29, 1.82) is 0 Å². The molecule has 160 valence electrons. The van der Waals surface area contributed by atoms with Crippen LogP contribution in [0.15, 0.2) is 78.9 Å². The number of halogens is 1. The van der Waals surface area contributed by atoms with E-state index in [0.29, 0.717) is 39.2 Å². The van der Waals surface area contributed by atoms with Gasteiger partial charge in [-0.2, -0.15) is 0 Å². The van der Waals surface area contributed by atoms with Crippen molar-refractivity contribution in [2.24, 2.45) is 0 Å². The first-order valence-corrected chi connectivity index (χ1v) is 9.71. The first-order chi connectivity index (χ1) is 15.5. The number of rotatable bonds is 4. The number of hydrogen-bond donors (Lipinski definition) is 3. The number of anilines is 1. The molecule has 4 rings (SSSR count). The SMILES string of the molecule is COc1ccccc1NC(=O)NNC(=O)c1cc(-c2ccc(F)cc2)nc2ccccc12. The molecule has 7 nitrogen and oxygen atoms in total. The van der Waals surface area contributed by atoms with Gasteiger partial charge in [0.05, 0.1) is 29.6 Å². The third-order valence-electron chi connectivity index (χ3n) is 4.75. The van der Waals surface area contributed by atoms with Crippen molar-refractivity contribution < 1.29 is 18.7 Å². The zero-order valence-corrected chi connectivity index (χ0v) is 17.1. The number of benzene rings is 3. The predicted molar refractivity (Wildman–Crippen MR) is 120 cm³/mol. The van der Waals surface area contributed by atoms with Crippen LogP contribution in [-0.4, -0.2) is 24.0 Å². The number of carbonyl (C=O) groups excluding carboxylic acids is 2. The van der Waals surface area contributed by atoms with E-state index >= 15 is 0 Å². The summed E-state index contributed by atoms with van der Waals surface area (Å²) in [6.45, 7) is 0. The molecule has 0 aliphatic rings. The molecule has 4 aromatic rings. The van der Waals surface area contributed by atoms with Crippen molar-refractivity contribution >= 4 is 28.5 Å². The summed E-state index contributed by atoms with van der Waals surface area (Å²) in [5.41, 5.74) is 7.27. The maximum absolute atomic E-state index is 13.3. The number of para-hydroxylation sites is 3. The molecule has 0 radical (unpaired) electrons. The molecular weight excluding hydrogens is 411 g/mol. The predicted octanol–water partition coefficient (Wildman–Crippen LogP) is 4.52. The van der Waals surface area contributed by atoms with E-state index in [9.17, 15) is 14.0 Å². The molecule has 0 saturated heterocycles. The van der Waals surface area contributed by atoms with E-state index in [1.54, 1.807) is 60.7 Å². The average Bonchev–Trinajstić information content (AvgIpc) is 2.82. The number of fused-ring (bicyclic) bond motifs is 1. The van der Waals surface area contributed by atoms with E-state index in [1.165, 1.54) is 19.2 Å². The normalized spacial score (nSPS) is 10.4. The van der Waals surface area contributed by atoms with Gasteiger partial charge in [0.15, 0.2) is 0 Å². The van der Waals surface area contributed by atoms with Crippen LogP contribution in [0.3, 0.4) is 0 Å². The van der Waals surface area contributed by atoms with Crippen molar-refractivity contribution in [3.05, 3.63) is 90.2 Å². The topological polar surface area (TPSA) is 92.4 Å². The number of pyridine rings is 1. The highest BCUT2D eigenvalue weighted by Crippen LogP contribution is 2.25. The average molecular weight is 430 g/mol. The van der Waals surface area contributed by atoms with Gasteiger partial charge in [0.25, 0.3) is 5.91 Å². The standard InChI is InChI=1S/C24H19FN4O3/c1-32-22-9-5-4-8-20(22)27-24(31)29-28-23(30)18-14-21(15-10-12-16(25)13-11-15)26-19-7-3-2-6-17(18)19/h2-14H,1H3,(H,28,30)(H2,27,29,31). The number of amides is 3. The van der Waals surface area contributed by atoms with Crippen molar-refractivity contribution in [2.75, 3.05) is 12.4 Å². The molecule has 32 heavy (non-hydrogen) atoms. The lowest BCUT2D eigenvalue weighted by Crippen LogP contribution is -2.44. The monoisotopic (exact) mass is 430 g/mol. The molecular formula is C24H19FN4O3. The number of ether oxygens (including phenoxy) is 1. The number of carbonyl (C=O) groups is 2. The Labute approximate surface area is 183 Å². The molecule has 3 aromatic carbocycles. The Morgan fingerprint density at radius 2 is 1.62 bits per heavy atom. The fraction of sp³-hybridized carbons (Fsp3) is 0.0417. The van der Waals surface area contributed by atoms with Crippen LogP contribution in [0.4, 0.5) is 14.9 Å². The number of methoxy groups -OCH3 is 1. The van der Waals surface area contributed by atoms with Crippen LogP contribution in [0.5, 0.6) is 5.75 Å². The van der Waals surface area contributed by atoms with E-state index in [4.69, 9.17) is 4.74 Å². The van der Waals surface area contributed by atoms with Gasteiger partial charge in [-0.1, -0.05) is 30.3 Å². The molecule has 0 unspecified atom stereocenters. The molecule has 0 aliphatic carbocycles. The molecule has 0 fully saturated rings. The van der Waals surface area contributed by atoms with Crippen molar-refractivity contribution in [3.8, 4) is 17.0 Å². The Balaban J connectivity index is 1.56. The summed E-state index contributed by atoms with van der Waals surface area (Å²) in [5.74, 6) is -0.405. The van der Waals surface area contributed by atoms with E-state index < -0.39 is 11.9 Å². The van der Waals surface area contributed by atoms with E-state index in [-0.39, 0.29) is 5.82 Å². The lowest BCUT2D eigenvalue weighted by Gasteiger charge is -2.13. The van der Waals surface area contributed by atoms with Crippen molar-refractivity contribution in [2.45, 2.75) is 0 Å². The van der Waals surface area contributed by atoms with Crippen LogP contribution in [0.2, 0.25) is 0 Å². The van der Waals surface area contributed by atoms with Crippen LogP contribution >= 0.6 is 0 Å². The number of aromatic nitrogens is 1. The van der Waals surface area contributed by atoms with Gasteiger partial charge in [0.2, 0.25) is 0 Å². The summed E-state index contributed by atoms with van der Waals surface area (Å²) in [6, 6.07) is 20.8. The lowest BCUT2D eigenvalue weighted by atomic mass is 10.0. The second-order valence-corrected chi connectivity index (χ2v) is 6.81. The molecule has 8 heteroatoms. The van der Waals surface area contributed by atoms with Gasteiger partial charge in [-0.3, -0.25) is 10.2 Å². The minimum absolute atomic E-state index is 0.313. The van der Waals surface area contributed by atoms with Crippen molar-refractivity contribution in [1.82, 2.24) is 15.8 Å². The summed E-state index contributed by atoms with van der Waals surface area (Å²) >= 11 is 0. The van der Waals surface area contributed by atoms with Gasteiger partial charge in [-0.25, -0.2) is 19.6 Å². The molecule has 0 bridgehead atoms. The summed E-state index contributed by atoms with van der Waals surface area (Å²) in [7, 11) is 1.49. The summed E-state index contributed by atoms with van der Waals surface area (Å²) in [4.78, 5) is 29.7. The third-order valence-corrected chi connectivity index (χ3v) is 4.75. The molecule has 0 atom stereocenters. The van der Waals surface area contributed by atoms with Gasteiger partial charge in [0, 0.05) is 10.9 Å². The third kappa shape index (κ3) is 4.49. The Kier molecular flexibility index (Phi) is 5.94. The Hall–Kier alpha value is -4.46. The van der Waals surface area contributed by atoms with Crippen LogP contribution in [-0.2, 0) is 0 Å². The summed E-state index contributed by atoms with van der Waals surface area (Å²) in [6.07, 6.45) is 0. The van der Waals surface area contributed by atoms with Crippen LogP contribution in [0, 0.1) is 5.82 Å². The minimum atomic E-state index is -0.639. The number of hydrazine groups is 1. The number of nitrogens with zero attached hydrogens (tertiary/aromatic N) is 1. The quantitative estimate of drug-likeness (QED) is 0.415. The minimum Gasteiger partial charge on any atom is -0.495 e. The highest BCUT2D eigenvalue weighted by Gasteiger charge is 2.15. The van der Waals surface area contributed by atoms with Crippen molar-refractivity contribution in [3.63, 3.8) is 0 Å². The second-order valence-electron chi connectivity index (χ2n) is 6.81. The maximum Gasteiger partial charge on any atom is 0.338 e. The van der Waals surface area contributed by atoms with E-state index in [1.807, 2.05) is 6.07 Å². The zero-order valence-electron chi connectivity index (χ0n) is 17.1. The van der Waals surface area contributed by atoms with E-state index in [0.717, 1.165) is 0 Å². The largest absolute Gasteiger partial charge is 0.495 e. The van der Waals surface area contributed by atoms with Gasteiger partial charge < -0.3 is 10.1 Å². The number of urea groups is 1. The molecule has 0 aliphatic heterocycles. The van der Waals surface area contributed by atoms with Gasteiger partial charge in [-0.05, 0) is 48.5 Å². The zero-order chi connectivity index (χ0) is 22.5. The van der Waals surface area contributed by atoms with Crippen LogP contribution in [0.25, 0.3) is 22.2 Å². The fourth-order valence-corrected chi connectivity index (χ4v) is 3.21. The molecule has 0 spiro atoms. The molecule has 1 aromatic heterocycles. The Bertz CT molecular complexity index is 1290. The molecule has 3 amide bonds. The van der Waals surface area contributed by atoms with Gasteiger partial charge >= 0.3 is 6.03 Å². The Morgan fingerprint density at radius 1 is 0.906 bits per heavy atom.